The van der Waals surface area contributed by atoms with Crippen LogP contribution in [0.3, 0.4) is 0 Å². The molecule has 4 heteroatoms. The van der Waals surface area contributed by atoms with Crippen LogP contribution in [0.5, 0.6) is 5.75 Å². The molecule has 0 radical (unpaired) electrons. The molecule has 1 heterocycles. The molecule has 0 aliphatic carbocycles. The largest absolute Gasteiger partial charge is 0.489 e. The third kappa shape index (κ3) is 2.62. The Morgan fingerprint density at radius 2 is 1.95 bits per heavy atom. The zero-order valence-corrected chi connectivity index (χ0v) is 11.3. The van der Waals surface area contributed by atoms with E-state index < -0.39 is 5.97 Å². The highest BCUT2D eigenvalue weighted by Gasteiger charge is 2.14. The lowest BCUT2D eigenvalue weighted by molar-refractivity contribution is 0.0696. The molecule has 0 saturated heterocycles. The number of carbonyl (C=O) groups is 1. The Hall–Kier alpha value is -2.23. The fourth-order valence-corrected chi connectivity index (χ4v) is 2.01. The summed E-state index contributed by atoms with van der Waals surface area (Å²) in [5, 5.41) is 9.10. The number of hydrogen-bond donors (Lipinski definition) is 1. The molecule has 100 valence electrons. The minimum atomic E-state index is -0.918. The number of carboxylic acid groups (broad SMARTS) is 1. The van der Waals surface area contributed by atoms with Gasteiger partial charge < -0.3 is 14.4 Å². The average molecular weight is 259 g/mol. The fourth-order valence-electron chi connectivity index (χ4n) is 2.01. The molecule has 0 saturated carbocycles. The number of rotatable bonds is 4. The number of carboxylic acids is 1. The van der Waals surface area contributed by atoms with E-state index in [0.717, 1.165) is 11.4 Å². The highest BCUT2D eigenvalue weighted by molar-refractivity contribution is 5.89. The quantitative estimate of drug-likeness (QED) is 0.916. The molecule has 0 unspecified atom stereocenters. The van der Waals surface area contributed by atoms with Gasteiger partial charge in [0.15, 0.2) is 0 Å². The van der Waals surface area contributed by atoms with Gasteiger partial charge in [-0.3, -0.25) is 0 Å². The molecule has 1 aromatic carbocycles. The van der Waals surface area contributed by atoms with Crippen LogP contribution in [0.4, 0.5) is 0 Å². The van der Waals surface area contributed by atoms with Crippen LogP contribution >= 0.6 is 0 Å². The van der Waals surface area contributed by atoms with Gasteiger partial charge in [0.2, 0.25) is 0 Å². The van der Waals surface area contributed by atoms with Crippen LogP contribution in [0, 0.1) is 6.92 Å². The Labute approximate surface area is 112 Å². The second kappa shape index (κ2) is 5.18. The van der Waals surface area contributed by atoms with E-state index in [2.05, 4.69) is 0 Å². The van der Waals surface area contributed by atoms with E-state index >= 15 is 0 Å². The molecule has 0 aliphatic rings. The van der Waals surface area contributed by atoms with Crippen molar-refractivity contribution in [1.29, 1.82) is 0 Å². The smallest absolute Gasteiger partial charge is 0.337 e. The van der Waals surface area contributed by atoms with Crippen molar-refractivity contribution in [2.75, 3.05) is 0 Å². The van der Waals surface area contributed by atoms with Gasteiger partial charge in [0.05, 0.1) is 17.4 Å². The number of benzene rings is 1. The molecule has 0 spiro atoms. The maximum Gasteiger partial charge on any atom is 0.337 e. The van der Waals surface area contributed by atoms with E-state index in [1.54, 1.807) is 19.2 Å². The van der Waals surface area contributed by atoms with Gasteiger partial charge in [-0.25, -0.2) is 4.79 Å². The zero-order valence-electron chi connectivity index (χ0n) is 11.3. The van der Waals surface area contributed by atoms with E-state index in [4.69, 9.17) is 9.84 Å². The summed E-state index contributed by atoms with van der Waals surface area (Å²) in [6.07, 6.45) is 1.82. The number of nitrogens with zero attached hydrogens (tertiary/aromatic N) is 1. The molecular weight excluding hydrogens is 242 g/mol. The van der Waals surface area contributed by atoms with Crippen LogP contribution < -0.4 is 4.74 Å². The van der Waals surface area contributed by atoms with Gasteiger partial charge in [-0.1, -0.05) is 12.1 Å². The highest BCUT2D eigenvalue weighted by Crippen LogP contribution is 2.26. The lowest BCUT2D eigenvalue weighted by Crippen LogP contribution is -2.09. The number of hydrogen-bond acceptors (Lipinski definition) is 2. The summed E-state index contributed by atoms with van der Waals surface area (Å²) in [6, 6.07) is 9.20. The first-order chi connectivity index (χ1) is 9.00. The van der Waals surface area contributed by atoms with Crippen LogP contribution in [0.1, 0.15) is 29.9 Å². The summed E-state index contributed by atoms with van der Waals surface area (Å²) in [7, 11) is 0. The molecule has 1 aromatic heterocycles. The van der Waals surface area contributed by atoms with E-state index in [1.807, 2.05) is 42.7 Å². The first-order valence-electron chi connectivity index (χ1n) is 6.18. The summed E-state index contributed by atoms with van der Waals surface area (Å²) in [5.41, 5.74) is 1.84. The number of aromatic carboxylic acids is 1. The first kappa shape index (κ1) is 13.2. The van der Waals surface area contributed by atoms with Crippen molar-refractivity contribution in [3.05, 3.63) is 47.8 Å². The first-order valence-corrected chi connectivity index (χ1v) is 6.18. The van der Waals surface area contributed by atoms with Crippen LogP contribution in [-0.4, -0.2) is 21.7 Å². The predicted molar refractivity (Wildman–Crippen MR) is 73.2 cm³/mol. The van der Waals surface area contributed by atoms with E-state index in [9.17, 15) is 4.79 Å². The van der Waals surface area contributed by atoms with Crippen LogP contribution in [0.2, 0.25) is 0 Å². The number of ether oxygens (including phenoxy) is 1. The molecule has 1 N–H and O–H groups in total. The van der Waals surface area contributed by atoms with E-state index in [0.29, 0.717) is 11.3 Å². The second-order valence-electron chi connectivity index (χ2n) is 4.62. The Morgan fingerprint density at radius 3 is 2.53 bits per heavy atom. The predicted octanol–water partition coefficient (Wildman–Crippen LogP) is 3.27. The second-order valence-corrected chi connectivity index (χ2v) is 4.62. The third-order valence-corrected chi connectivity index (χ3v) is 2.86. The molecule has 0 aliphatic heterocycles. The van der Waals surface area contributed by atoms with Crippen LogP contribution in [-0.2, 0) is 0 Å². The van der Waals surface area contributed by atoms with Crippen LogP contribution in [0.25, 0.3) is 5.69 Å². The van der Waals surface area contributed by atoms with Crippen LogP contribution in [0.15, 0.2) is 36.5 Å². The van der Waals surface area contributed by atoms with Crippen molar-refractivity contribution in [2.24, 2.45) is 0 Å². The third-order valence-electron chi connectivity index (χ3n) is 2.86. The van der Waals surface area contributed by atoms with Gasteiger partial charge in [-0.05, 0) is 39.0 Å². The van der Waals surface area contributed by atoms with Gasteiger partial charge in [0.25, 0.3) is 0 Å². The van der Waals surface area contributed by atoms with Gasteiger partial charge in [0.1, 0.15) is 5.75 Å². The average Bonchev–Trinajstić information content (AvgIpc) is 2.71. The highest BCUT2D eigenvalue weighted by atomic mass is 16.5. The topological polar surface area (TPSA) is 51.5 Å². The summed E-state index contributed by atoms with van der Waals surface area (Å²) >= 11 is 0. The molecule has 0 bridgehead atoms. The fraction of sp³-hybridized carbons (Fsp3) is 0.267. The monoisotopic (exact) mass is 259 g/mol. The molecule has 0 atom stereocenters. The lowest BCUT2D eigenvalue weighted by atomic mass is 10.2. The summed E-state index contributed by atoms with van der Waals surface area (Å²) in [6.45, 7) is 5.71. The van der Waals surface area contributed by atoms with E-state index in [-0.39, 0.29) is 6.10 Å². The molecule has 0 fully saturated rings. The van der Waals surface area contributed by atoms with Crippen molar-refractivity contribution >= 4 is 5.97 Å². The van der Waals surface area contributed by atoms with Crippen molar-refractivity contribution in [1.82, 2.24) is 4.57 Å². The zero-order chi connectivity index (χ0) is 14.0. The minimum Gasteiger partial charge on any atom is -0.489 e. The van der Waals surface area contributed by atoms with Gasteiger partial charge in [0, 0.05) is 11.9 Å². The minimum absolute atomic E-state index is 0.0657. The summed E-state index contributed by atoms with van der Waals surface area (Å²) < 4.78 is 7.59. The van der Waals surface area contributed by atoms with Crippen molar-refractivity contribution in [3.8, 4) is 11.4 Å². The standard InChI is InChI=1S/C15H17NO3/c1-10(2)19-14-7-5-4-6-13(14)16-9-8-12(11(16)3)15(17)18/h4-10H,1-3H3,(H,17,18). The van der Waals surface area contributed by atoms with Crippen molar-refractivity contribution in [3.63, 3.8) is 0 Å². The Bertz CT molecular complexity index is 599. The van der Waals surface area contributed by atoms with Crippen molar-refractivity contribution in [2.45, 2.75) is 26.9 Å². The Kier molecular flexibility index (Phi) is 3.60. The van der Waals surface area contributed by atoms with Gasteiger partial charge in [-0.2, -0.15) is 0 Å². The normalized spacial score (nSPS) is 10.7. The molecule has 19 heavy (non-hydrogen) atoms. The van der Waals surface area contributed by atoms with Gasteiger partial charge >= 0.3 is 5.97 Å². The van der Waals surface area contributed by atoms with Gasteiger partial charge in [-0.15, -0.1) is 0 Å². The number of para-hydroxylation sites is 2. The molecule has 2 aromatic rings. The van der Waals surface area contributed by atoms with E-state index in [1.165, 1.54) is 0 Å². The molecule has 0 amide bonds. The molecule has 4 nitrogen and oxygen atoms in total. The lowest BCUT2D eigenvalue weighted by Gasteiger charge is -2.16. The maximum absolute atomic E-state index is 11.1. The SMILES string of the molecule is Cc1c(C(=O)O)ccn1-c1ccccc1OC(C)C. The summed E-state index contributed by atoms with van der Waals surface area (Å²) in [4.78, 5) is 11.1. The number of aromatic nitrogens is 1. The molecule has 2 rings (SSSR count). The maximum atomic E-state index is 11.1. The Morgan fingerprint density at radius 1 is 1.26 bits per heavy atom. The molecular formula is C15H17NO3. The van der Waals surface area contributed by atoms with Crippen molar-refractivity contribution < 1.29 is 14.6 Å². The Balaban J connectivity index is 2.50. The summed E-state index contributed by atoms with van der Waals surface area (Å²) in [5.74, 6) is -0.174.